The van der Waals surface area contributed by atoms with Crippen molar-refractivity contribution < 1.29 is 4.43 Å². The molecule has 0 N–H and O–H groups in total. The largest absolute Gasteiger partial charge is 0.548 e. The first-order valence-corrected chi connectivity index (χ1v) is 8.28. The average molecular weight is 186 g/mol. The summed E-state index contributed by atoms with van der Waals surface area (Å²) in [5.74, 6) is 1.21. The van der Waals surface area contributed by atoms with E-state index < -0.39 is 8.32 Å². The Bertz CT molecular complexity index is 144. The summed E-state index contributed by atoms with van der Waals surface area (Å²) in [4.78, 5) is 0. The van der Waals surface area contributed by atoms with Gasteiger partial charge in [-0.3, -0.25) is 0 Å². The predicted octanol–water partition coefficient (Wildman–Crippen LogP) is 3.93. The topological polar surface area (TPSA) is 9.23 Å². The lowest BCUT2D eigenvalue weighted by atomic mass is 10.2. The van der Waals surface area contributed by atoms with Crippen molar-refractivity contribution in [2.45, 2.75) is 52.8 Å². The van der Waals surface area contributed by atoms with Crippen molar-refractivity contribution in [3.05, 3.63) is 11.8 Å². The molecule has 0 aliphatic carbocycles. The third-order valence-corrected chi connectivity index (χ3v) is 2.24. The highest BCUT2D eigenvalue weighted by Gasteiger charge is 2.16. The number of allylic oxidation sites excluding steroid dienone is 2. The van der Waals surface area contributed by atoms with Crippen LogP contribution in [0, 0.1) is 0 Å². The molecule has 0 aromatic carbocycles. The Morgan fingerprint density at radius 1 is 1.25 bits per heavy atom. The SMILES string of the molecule is CC/C=C(\CCC)O[Si](C)(C)C. The summed E-state index contributed by atoms with van der Waals surface area (Å²) >= 11 is 0. The molecule has 0 aliphatic rings. The van der Waals surface area contributed by atoms with Gasteiger partial charge in [-0.05, 0) is 38.6 Å². The fourth-order valence-corrected chi connectivity index (χ4v) is 2.03. The van der Waals surface area contributed by atoms with E-state index >= 15 is 0 Å². The molecule has 12 heavy (non-hydrogen) atoms. The molecule has 0 amide bonds. The highest BCUT2D eigenvalue weighted by atomic mass is 28.4. The minimum Gasteiger partial charge on any atom is -0.548 e. The zero-order valence-corrected chi connectivity index (χ0v) is 10.1. The Labute approximate surface area is 78.0 Å². The molecule has 1 nitrogen and oxygen atoms in total. The molecule has 72 valence electrons. The zero-order chi connectivity index (χ0) is 9.61. The first-order chi connectivity index (χ1) is 5.49. The maximum absolute atomic E-state index is 5.92. The lowest BCUT2D eigenvalue weighted by Crippen LogP contribution is -2.24. The normalized spacial score (nSPS) is 13.2. The average Bonchev–Trinajstić information content (AvgIpc) is 1.84. The molecule has 0 atom stereocenters. The van der Waals surface area contributed by atoms with Gasteiger partial charge in [0.15, 0.2) is 0 Å². The lowest BCUT2D eigenvalue weighted by molar-refractivity contribution is 0.395. The standard InChI is InChI=1S/C10H22OSi/c1-6-8-10(9-7-2)11-12(3,4)5/h8H,6-7,9H2,1-5H3/b10-8+. The summed E-state index contributed by atoms with van der Waals surface area (Å²) in [6, 6.07) is 0. The molecule has 0 bridgehead atoms. The maximum Gasteiger partial charge on any atom is 0.241 e. The van der Waals surface area contributed by atoms with Gasteiger partial charge in [-0.25, -0.2) is 0 Å². The summed E-state index contributed by atoms with van der Waals surface area (Å²) < 4.78 is 5.92. The molecule has 0 radical (unpaired) electrons. The summed E-state index contributed by atoms with van der Waals surface area (Å²) in [7, 11) is -1.36. The van der Waals surface area contributed by atoms with E-state index in [-0.39, 0.29) is 0 Å². The van der Waals surface area contributed by atoms with Gasteiger partial charge in [0, 0.05) is 6.42 Å². The van der Waals surface area contributed by atoms with Crippen molar-refractivity contribution in [1.82, 2.24) is 0 Å². The quantitative estimate of drug-likeness (QED) is 0.467. The minimum atomic E-state index is -1.36. The van der Waals surface area contributed by atoms with Crippen molar-refractivity contribution in [3.63, 3.8) is 0 Å². The van der Waals surface area contributed by atoms with Crippen LogP contribution < -0.4 is 0 Å². The summed E-state index contributed by atoms with van der Waals surface area (Å²) in [6.45, 7) is 11.0. The molecule has 0 fully saturated rings. The third kappa shape index (κ3) is 6.47. The summed E-state index contributed by atoms with van der Waals surface area (Å²) in [5.41, 5.74) is 0. The van der Waals surface area contributed by atoms with Gasteiger partial charge in [-0.15, -0.1) is 0 Å². The van der Waals surface area contributed by atoms with Crippen LogP contribution >= 0.6 is 0 Å². The van der Waals surface area contributed by atoms with E-state index in [1.165, 1.54) is 12.2 Å². The second-order valence-corrected chi connectivity index (χ2v) is 8.47. The van der Waals surface area contributed by atoms with Gasteiger partial charge in [0.2, 0.25) is 8.32 Å². The third-order valence-electron chi connectivity index (χ3n) is 1.37. The molecular weight excluding hydrogens is 164 g/mol. The van der Waals surface area contributed by atoms with Gasteiger partial charge in [0.25, 0.3) is 0 Å². The van der Waals surface area contributed by atoms with Crippen molar-refractivity contribution in [3.8, 4) is 0 Å². The van der Waals surface area contributed by atoms with Gasteiger partial charge in [0.05, 0.1) is 5.76 Å². The molecule has 0 aliphatic heterocycles. The van der Waals surface area contributed by atoms with Crippen LogP contribution in [0.2, 0.25) is 19.6 Å². The predicted molar refractivity (Wildman–Crippen MR) is 57.7 cm³/mol. The van der Waals surface area contributed by atoms with E-state index in [2.05, 4.69) is 39.6 Å². The van der Waals surface area contributed by atoms with Crippen LogP contribution in [0.5, 0.6) is 0 Å². The molecule has 0 heterocycles. The molecule has 2 heteroatoms. The van der Waals surface area contributed by atoms with E-state index in [1.807, 2.05) is 0 Å². The van der Waals surface area contributed by atoms with Crippen LogP contribution in [0.15, 0.2) is 11.8 Å². The summed E-state index contributed by atoms with van der Waals surface area (Å²) in [6.07, 6.45) is 5.57. The van der Waals surface area contributed by atoms with Crippen LogP contribution in [-0.2, 0) is 4.43 Å². The fraction of sp³-hybridized carbons (Fsp3) is 0.800. The maximum atomic E-state index is 5.92. The Hall–Kier alpha value is -0.243. The van der Waals surface area contributed by atoms with Gasteiger partial charge >= 0.3 is 0 Å². The van der Waals surface area contributed by atoms with E-state index in [1.54, 1.807) is 0 Å². The second-order valence-electron chi connectivity index (χ2n) is 4.04. The van der Waals surface area contributed by atoms with Crippen LogP contribution in [0.4, 0.5) is 0 Å². The Balaban J connectivity index is 4.05. The van der Waals surface area contributed by atoms with Crippen LogP contribution in [0.25, 0.3) is 0 Å². The molecule has 0 aromatic rings. The van der Waals surface area contributed by atoms with Crippen molar-refractivity contribution >= 4 is 8.32 Å². The number of hydrogen-bond acceptors (Lipinski definition) is 1. The highest BCUT2D eigenvalue weighted by Crippen LogP contribution is 2.15. The minimum absolute atomic E-state index is 1.08. The molecular formula is C10H22OSi. The van der Waals surface area contributed by atoms with Gasteiger partial charge in [-0.1, -0.05) is 13.8 Å². The van der Waals surface area contributed by atoms with Crippen LogP contribution in [0.1, 0.15) is 33.1 Å². The first-order valence-electron chi connectivity index (χ1n) is 4.87. The van der Waals surface area contributed by atoms with Gasteiger partial charge in [0.1, 0.15) is 0 Å². The molecule has 0 spiro atoms. The van der Waals surface area contributed by atoms with Gasteiger partial charge in [-0.2, -0.15) is 0 Å². The molecule has 0 aromatic heterocycles. The Kier molecular flexibility index (Phi) is 5.30. The highest BCUT2D eigenvalue weighted by molar-refractivity contribution is 6.70. The van der Waals surface area contributed by atoms with E-state index in [9.17, 15) is 0 Å². The number of rotatable bonds is 5. The fourth-order valence-electron chi connectivity index (χ4n) is 1.06. The van der Waals surface area contributed by atoms with E-state index in [0.717, 1.165) is 12.8 Å². The molecule has 0 unspecified atom stereocenters. The second kappa shape index (κ2) is 5.41. The van der Waals surface area contributed by atoms with Crippen LogP contribution in [0.3, 0.4) is 0 Å². The van der Waals surface area contributed by atoms with Gasteiger partial charge < -0.3 is 4.43 Å². The monoisotopic (exact) mass is 186 g/mol. The van der Waals surface area contributed by atoms with Crippen LogP contribution in [-0.4, -0.2) is 8.32 Å². The molecule has 0 saturated carbocycles. The Morgan fingerprint density at radius 3 is 2.17 bits per heavy atom. The zero-order valence-electron chi connectivity index (χ0n) is 9.11. The molecule has 0 rings (SSSR count). The first kappa shape index (κ1) is 11.8. The lowest BCUT2D eigenvalue weighted by Gasteiger charge is -2.21. The molecule has 0 saturated heterocycles. The Morgan fingerprint density at radius 2 is 1.83 bits per heavy atom. The van der Waals surface area contributed by atoms with Crippen molar-refractivity contribution in [2.24, 2.45) is 0 Å². The van der Waals surface area contributed by atoms with E-state index in [0.29, 0.717) is 0 Å². The van der Waals surface area contributed by atoms with Crippen molar-refractivity contribution in [2.75, 3.05) is 0 Å². The number of hydrogen-bond donors (Lipinski definition) is 0. The smallest absolute Gasteiger partial charge is 0.241 e. The summed E-state index contributed by atoms with van der Waals surface area (Å²) in [5, 5.41) is 0. The van der Waals surface area contributed by atoms with E-state index in [4.69, 9.17) is 4.43 Å². The van der Waals surface area contributed by atoms with Crippen molar-refractivity contribution in [1.29, 1.82) is 0 Å².